The minimum absolute atomic E-state index is 0.144. The van der Waals surface area contributed by atoms with Gasteiger partial charge < -0.3 is 5.32 Å². The predicted molar refractivity (Wildman–Crippen MR) is 110 cm³/mol. The van der Waals surface area contributed by atoms with Crippen molar-refractivity contribution in [3.05, 3.63) is 58.0 Å². The Morgan fingerprint density at radius 2 is 2.07 bits per heavy atom. The van der Waals surface area contributed by atoms with E-state index in [1.807, 2.05) is 20.8 Å². The Balaban J connectivity index is 2.07. The summed E-state index contributed by atoms with van der Waals surface area (Å²) in [5.74, 6) is -1.66. The normalized spacial score (nSPS) is 18.5. The lowest BCUT2D eigenvalue weighted by Crippen LogP contribution is -2.36. The molecule has 0 bridgehead atoms. The fraction of sp³-hybridized carbons (Fsp3) is 0.300. The Hall–Kier alpha value is -3.00. The summed E-state index contributed by atoms with van der Waals surface area (Å²) < 4.78 is 14.3. The molecule has 1 aromatic heterocycles. The van der Waals surface area contributed by atoms with E-state index in [0.29, 0.717) is 10.8 Å². The van der Waals surface area contributed by atoms with Crippen LogP contribution in [-0.2, 0) is 10.2 Å². The highest BCUT2D eigenvalue weighted by molar-refractivity contribution is 6.30. The number of amides is 1. The third-order valence-electron chi connectivity index (χ3n) is 4.46. The number of aliphatic imine (C=N–C) groups is 1. The average molecular weight is 416 g/mol. The molecule has 0 fully saturated rings. The van der Waals surface area contributed by atoms with Crippen LogP contribution in [0.2, 0.25) is 5.02 Å². The van der Waals surface area contributed by atoms with Crippen LogP contribution in [0.5, 0.6) is 0 Å². The van der Waals surface area contributed by atoms with Gasteiger partial charge in [-0.1, -0.05) is 32.4 Å². The zero-order valence-electron chi connectivity index (χ0n) is 16.1. The Labute approximate surface area is 172 Å². The zero-order valence-corrected chi connectivity index (χ0v) is 16.8. The van der Waals surface area contributed by atoms with Crippen molar-refractivity contribution in [1.29, 1.82) is 0 Å². The lowest BCUT2D eigenvalue weighted by atomic mass is 9.87. The zero-order chi connectivity index (χ0) is 21.2. The lowest BCUT2D eigenvalue weighted by molar-refractivity contribution is -0.119. The maximum Gasteiger partial charge on any atom is 0.297 e. The van der Waals surface area contributed by atoms with Crippen molar-refractivity contribution in [2.45, 2.75) is 32.2 Å². The Morgan fingerprint density at radius 3 is 2.76 bits per heavy atom. The van der Waals surface area contributed by atoms with Crippen LogP contribution < -0.4 is 5.32 Å². The van der Waals surface area contributed by atoms with E-state index >= 15 is 0 Å². The average Bonchev–Trinajstić information content (AvgIpc) is 2.68. The Bertz CT molecular complexity index is 1020. The van der Waals surface area contributed by atoms with E-state index in [4.69, 9.17) is 11.6 Å². The molecule has 9 heteroatoms. The molecule has 0 radical (unpaired) electrons. The summed E-state index contributed by atoms with van der Waals surface area (Å²) in [7, 11) is 0. The molecule has 1 aromatic carbocycles. The van der Waals surface area contributed by atoms with Crippen molar-refractivity contribution in [1.82, 2.24) is 9.97 Å². The highest BCUT2D eigenvalue weighted by atomic mass is 35.5. The van der Waals surface area contributed by atoms with Gasteiger partial charge in [-0.15, -0.1) is 4.91 Å². The van der Waals surface area contributed by atoms with Gasteiger partial charge in [0.25, 0.3) is 5.91 Å². The molecular weight excluding hydrogens is 397 g/mol. The molecule has 1 aliphatic heterocycles. The molecule has 1 N–H and O–H groups in total. The maximum atomic E-state index is 14.3. The molecule has 29 heavy (non-hydrogen) atoms. The van der Waals surface area contributed by atoms with E-state index in [9.17, 15) is 14.1 Å². The van der Waals surface area contributed by atoms with E-state index in [0.717, 1.165) is 5.56 Å². The largest absolute Gasteiger partial charge is 0.362 e. The van der Waals surface area contributed by atoms with Crippen LogP contribution in [-0.4, -0.2) is 28.1 Å². The second-order valence-corrected chi connectivity index (χ2v) is 8.03. The van der Waals surface area contributed by atoms with Gasteiger partial charge >= 0.3 is 0 Å². The van der Waals surface area contributed by atoms with E-state index in [1.165, 1.54) is 30.6 Å². The summed E-state index contributed by atoms with van der Waals surface area (Å²) in [4.78, 5) is 35.4. The summed E-state index contributed by atoms with van der Waals surface area (Å²) in [6, 6.07) is 3.54. The smallest absolute Gasteiger partial charge is 0.297 e. The number of benzene rings is 1. The number of carbonyl (C=O) groups is 1. The van der Waals surface area contributed by atoms with Gasteiger partial charge in [0, 0.05) is 34.4 Å². The first-order valence-corrected chi connectivity index (χ1v) is 9.25. The SMILES string of the molecule is CC(C)(C)c1cnc(-c2cc(Cl)ccc2F)nc1NC1C=CN=CC1C(=O)N=O. The monoisotopic (exact) mass is 415 g/mol. The molecule has 0 spiro atoms. The molecule has 2 aromatic rings. The van der Waals surface area contributed by atoms with Gasteiger partial charge in [-0.2, -0.15) is 0 Å². The first-order valence-electron chi connectivity index (χ1n) is 8.87. The third kappa shape index (κ3) is 4.54. The molecule has 2 atom stereocenters. The molecule has 7 nitrogen and oxygen atoms in total. The quantitative estimate of drug-likeness (QED) is 0.740. The van der Waals surface area contributed by atoms with E-state index in [-0.39, 0.29) is 16.8 Å². The van der Waals surface area contributed by atoms with Gasteiger partial charge in [-0.3, -0.25) is 9.79 Å². The second-order valence-electron chi connectivity index (χ2n) is 7.60. The maximum absolute atomic E-state index is 14.3. The predicted octanol–water partition coefficient (Wildman–Crippen LogP) is 4.52. The molecular formula is C20H19ClFN5O2. The minimum atomic E-state index is -0.869. The molecule has 1 aliphatic rings. The van der Waals surface area contributed by atoms with Crippen molar-refractivity contribution < 1.29 is 9.18 Å². The molecule has 1 amide bonds. The van der Waals surface area contributed by atoms with Gasteiger partial charge in [0.2, 0.25) is 0 Å². The van der Waals surface area contributed by atoms with Crippen LogP contribution in [0.15, 0.2) is 46.8 Å². The number of halogens is 2. The van der Waals surface area contributed by atoms with Crippen LogP contribution in [0.25, 0.3) is 11.4 Å². The van der Waals surface area contributed by atoms with Gasteiger partial charge in [-0.05, 0) is 29.7 Å². The van der Waals surface area contributed by atoms with E-state index in [2.05, 4.69) is 25.5 Å². The Morgan fingerprint density at radius 1 is 1.31 bits per heavy atom. The van der Waals surface area contributed by atoms with Crippen LogP contribution in [0.1, 0.15) is 26.3 Å². The standard InChI is InChI=1S/C20H19ClFN5O2/c1-20(2,3)14-10-24-17(12-8-11(21)4-5-15(12)22)26-18(14)25-16-6-7-23-9-13(16)19(28)27-29/h4-10,13,16H,1-3H3,(H,24,25,26). The lowest BCUT2D eigenvalue weighted by Gasteiger charge is -2.27. The number of carbonyl (C=O) groups excluding carboxylic acids is 1. The molecule has 2 heterocycles. The number of hydrogen-bond donors (Lipinski definition) is 1. The molecule has 0 saturated heterocycles. The summed E-state index contributed by atoms with van der Waals surface area (Å²) in [5.41, 5.74) is 0.566. The van der Waals surface area contributed by atoms with Crippen molar-refractivity contribution in [2.75, 3.05) is 5.32 Å². The summed E-state index contributed by atoms with van der Waals surface area (Å²) in [6.07, 6.45) is 6.13. The first kappa shape index (κ1) is 20.7. The summed E-state index contributed by atoms with van der Waals surface area (Å²) >= 11 is 6.00. The number of nitrogens with zero attached hydrogens (tertiary/aromatic N) is 4. The number of hydrogen-bond acceptors (Lipinski definition) is 6. The van der Waals surface area contributed by atoms with Crippen molar-refractivity contribution in [3.8, 4) is 11.4 Å². The minimum Gasteiger partial charge on any atom is -0.362 e. The van der Waals surface area contributed by atoms with E-state index in [1.54, 1.807) is 12.3 Å². The highest BCUT2D eigenvalue weighted by Gasteiger charge is 2.30. The fourth-order valence-corrected chi connectivity index (χ4v) is 3.08. The number of nitroso groups, excluding NO2 is 1. The van der Waals surface area contributed by atoms with Crippen molar-refractivity contribution in [2.24, 2.45) is 16.1 Å². The molecule has 0 aliphatic carbocycles. The van der Waals surface area contributed by atoms with Gasteiger partial charge in [-0.25, -0.2) is 14.4 Å². The van der Waals surface area contributed by atoms with Crippen LogP contribution in [0, 0.1) is 16.6 Å². The van der Waals surface area contributed by atoms with E-state index < -0.39 is 23.7 Å². The Kier molecular flexibility index (Phi) is 5.83. The van der Waals surface area contributed by atoms with Crippen LogP contribution in [0.4, 0.5) is 10.2 Å². The van der Waals surface area contributed by atoms with Gasteiger partial charge in [0.05, 0.1) is 11.6 Å². The molecule has 2 unspecified atom stereocenters. The van der Waals surface area contributed by atoms with Gasteiger partial charge in [0.15, 0.2) is 5.82 Å². The van der Waals surface area contributed by atoms with Crippen LogP contribution >= 0.6 is 11.6 Å². The fourth-order valence-electron chi connectivity index (χ4n) is 2.91. The number of rotatable bonds is 4. The topological polar surface area (TPSA) is 96.7 Å². The first-order chi connectivity index (χ1) is 13.7. The van der Waals surface area contributed by atoms with Crippen molar-refractivity contribution in [3.63, 3.8) is 0 Å². The molecule has 0 saturated carbocycles. The summed E-state index contributed by atoms with van der Waals surface area (Å²) in [5, 5.41) is 6.03. The molecule has 3 rings (SSSR count). The number of nitrogens with one attached hydrogen (secondary N) is 1. The molecule has 150 valence electrons. The number of aromatic nitrogens is 2. The summed E-state index contributed by atoms with van der Waals surface area (Å²) in [6.45, 7) is 5.93. The second kappa shape index (κ2) is 8.16. The van der Waals surface area contributed by atoms with Crippen LogP contribution in [0.3, 0.4) is 0 Å². The number of anilines is 1. The van der Waals surface area contributed by atoms with Gasteiger partial charge in [0.1, 0.15) is 17.6 Å². The highest BCUT2D eigenvalue weighted by Crippen LogP contribution is 2.32. The van der Waals surface area contributed by atoms with Crippen molar-refractivity contribution >= 4 is 29.5 Å². The third-order valence-corrected chi connectivity index (χ3v) is 4.69.